The van der Waals surface area contributed by atoms with Crippen molar-refractivity contribution in [3.63, 3.8) is 0 Å². The normalized spacial score (nSPS) is 12.6. The molecule has 0 atom stereocenters. The van der Waals surface area contributed by atoms with E-state index in [0.717, 1.165) is 33.0 Å². The van der Waals surface area contributed by atoms with Crippen molar-refractivity contribution in [3.8, 4) is 11.1 Å². The van der Waals surface area contributed by atoms with Crippen LogP contribution in [-0.2, 0) is 0 Å². The van der Waals surface area contributed by atoms with Gasteiger partial charge in [0, 0.05) is 27.1 Å². The molecule has 0 fully saturated rings. The van der Waals surface area contributed by atoms with Gasteiger partial charge in [-0.2, -0.15) is 0 Å². The zero-order chi connectivity index (χ0) is 13.0. The van der Waals surface area contributed by atoms with Gasteiger partial charge in [0.25, 0.3) is 0 Å². The first-order chi connectivity index (χ1) is 9.27. The van der Waals surface area contributed by atoms with Gasteiger partial charge in [0.05, 0.1) is 0 Å². The number of carbonyl (C=O) groups excluding carboxylic acids is 1. The summed E-state index contributed by atoms with van der Waals surface area (Å²) < 4.78 is 0. The van der Waals surface area contributed by atoms with Gasteiger partial charge in [-0.25, -0.2) is 0 Å². The molecule has 0 saturated heterocycles. The van der Waals surface area contributed by atoms with Crippen LogP contribution in [-0.4, -0.2) is 5.78 Å². The van der Waals surface area contributed by atoms with Crippen LogP contribution in [0, 0.1) is 0 Å². The number of hydrogen-bond donors (Lipinski definition) is 0. The summed E-state index contributed by atoms with van der Waals surface area (Å²) in [5, 5.41) is 2.72. The minimum Gasteiger partial charge on any atom is -0.289 e. The second kappa shape index (κ2) is 3.69. The molecule has 3 aromatic carbocycles. The van der Waals surface area contributed by atoms with Gasteiger partial charge in [-0.05, 0) is 17.0 Å². The van der Waals surface area contributed by atoms with Crippen molar-refractivity contribution < 1.29 is 4.79 Å². The summed E-state index contributed by atoms with van der Waals surface area (Å²) >= 11 is 6.37. The number of fused-ring (bicyclic) bond motifs is 2. The van der Waals surface area contributed by atoms with E-state index in [-0.39, 0.29) is 5.78 Å². The molecule has 0 radical (unpaired) electrons. The topological polar surface area (TPSA) is 17.1 Å². The summed E-state index contributed by atoms with van der Waals surface area (Å²) in [4.78, 5) is 12.6. The minimum absolute atomic E-state index is 0.0796. The van der Waals surface area contributed by atoms with Gasteiger partial charge < -0.3 is 0 Å². The molecule has 1 aliphatic rings. The smallest absolute Gasteiger partial charge is 0.194 e. The van der Waals surface area contributed by atoms with E-state index in [1.54, 1.807) is 0 Å². The lowest BCUT2D eigenvalue weighted by Crippen LogP contribution is -2.09. The van der Waals surface area contributed by atoms with E-state index < -0.39 is 0 Å². The van der Waals surface area contributed by atoms with Crippen molar-refractivity contribution in [2.75, 3.05) is 0 Å². The van der Waals surface area contributed by atoms with Crippen LogP contribution in [0.25, 0.3) is 21.9 Å². The summed E-state index contributed by atoms with van der Waals surface area (Å²) in [5.74, 6) is 0.0796. The summed E-state index contributed by atoms with van der Waals surface area (Å²) in [6.45, 7) is 0. The fraction of sp³-hybridized carbons (Fsp3) is 0. The minimum atomic E-state index is 0.0796. The van der Waals surface area contributed by atoms with Crippen molar-refractivity contribution in [2.24, 2.45) is 0 Å². The molecule has 0 saturated carbocycles. The maximum atomic E-state index is 12.6. The molecule has 0 unspecified atom stereocenters. The Morgan fingerprint density at radius 2 is 1.47 bits per heavy atom. The van der Waals surface area contributed by atoms with Gasteiger partial charge in [0.1, 0.15) is 0 Å². The standard InChI is InChI=1S/C17H9ClO/c18-14-9-8-10-4-3-7-13-15(10)16(14)11-5-1-2-6-12(11)17(13)19/h1-9H. The lowest BCUT2D eigenvalue weighted by molar-refractivity contribution is 0.104. The van der Waals surface area contributed by atoms with E-state index in [2.05, 4.69) is 0 Å². The molecule has 0 aliphatic heterocycles. The fourth-order valence-electron chi connectivity index (χ4n) is 2.85. The quantitative estimate of drug-likeness (QED) is 0.450. The number of benzene rings is 3. The van der Waals surface area contributed by atoms with Crippen LogP contribution in [0.5, 0.6) is 0 Å². The monoisotopic (exact) mass is 264 g/mol. The maximum absolute atomic E-state index is 12.6. The maximum Gasteiger partial charge on any atom is 0.194 e. The Bertz CT molecular complexity index is 849. The molecule has 0 spiro atoms. The zero-order valence-electron chi connectivity index (χ0n) is 9.98. The highest BCUT2D eigenvalue weighted by molar-refractivity contribution is 6.38. The molecule has 2 heteroatoms. The fourth-order valence-corrected chi connectivity index (χ4v) is 3.11. The van der Waals surface area contributed by atoms with Crippen molar-refractivity contribution in [1.29, 1.82) is 0 Å². The van der Waals surface area contributed by atoms with E-state index in [1.165, 1.54) is 0 Å². The highest BCUT2D eigenvalue weighted by atomic mass is 35.5. The first kappa shape index (κ1) is 10.8. The Morgan fingerprint density at radius 1 is 0.737 bits per heavy atom. The number of hydrogen-bond acceptors (Lipinski definition) is 1. The first-order valence-electron chi connectivity index (χ1n) is 6.13. The third kappa shape index (κ3) is 1.33. The zero-order valence-corrected chi connectivity index (χ0v) is 10.7. The van der Waals surface area contributed by atoms with Crippen LogP contribution >= 0.6 is 11.6 Å². The second-order valence-electron chi connectivity index (χ2n) is 4.70. The Hall–Kier alpha value is -2.12. The molecular weight excluding hydrogens is 256 g/mol. The number of ketones is 1. The second-order valence-corrected chi connectivity index (χ2v) is 5.11. The molecule has 0 N–H and O–H groups in total. The number of halogens is 1. The Kier molecular flexibility index (Phi) is 2.09. The molecule has 1 aliphatic carbocycles. The predicted molar refractivity (Wildman–Crippen MR) is 77.8 cm³/mol. The Morgan fingerprint density at radius 3 is 2.32 bits per heavy atom. The van der Waals surface area contributed by atoms with Gasteiger partial charge in [-0.3, -0.25) is 4.79 Å². The molecule has 0 bridgehead atoms. The third-order valence-electron chi connectivity index (χ3n) is 3.68. The molecule has 4 rings (SSSR count). The highest BCUT2D eigenvalue weighted by Gasteiger charge is 2.25. The van der Waals surface area contributed by atoms with E-state index in [0.29, 0.717) is 5.02 Å². The van der Waals surface area contributed by atoms with E-state index >= 15 is 0 Å². The number of carbonyl (C=O) groups is 1. The van der Waals surface area contributed by atoms with Crippen molar-refractivity contribution in [3.05, 3.63) is 70.7 Å². The van der Waals surface area contributed by atoms with Crippen molar-refractivity contribution in [1.82, 2.24) is 0 Å². The van der Waals surface area contributed by atoms with Gasteiger partial charge in [0.15, 0.2) is 5.78 Å². The number of rotatable bonds is 0. The molecule has 3 aromatic rings. The highest BCUT2D eigenvalue weighted by Crippen LogP contribution is 2.42. The molecule has 0 heterocycles. The lowest BCUT2D eigenvalue weighted by atomic mass is 9.83. The van der Waals surface area contributed by atoms with E-state index in [1.807, 2.05) is 54.6 Å². The van der Waals surface area contributed by atoms with Crippen LogP contribution in [0.1, 0.15) is 15.9 Å². The Balaban J connectivity index is 2.31. The van der Waals surface area contributed by atoms with Gasteiger partial charge in [-0.15, -0.1) is 0 Å². The molecule has 0 aromatic heterocycles. The van der Waals surface area contributed by atoms with E-state index in [4.69, 9.17) is 11.6 Å². The SMILES string of the molecule is O=C1c2ccccc2-c2c(Cl)ccc3cccc1c23. The summed E-state index contributed by atoms with van der Waals surface area (Å²) in [5.41, 5.74) is 3.39. The van der Waals surface area contributed by atoms with Crippen LogP contribution in [0.4, 0.5) is 0 Å². The van der Waals surface area contributed by atoms with Crippen LogP contribution in [0.2, 0.25) is 5.02 Å². The van der Waals surface area contributed by atoms with Crippen LogP contribution < -0.4 is 0 Å². The first-order valence-corrected chi connectivity index (χ1v) is 6.50. The Labute approximate surface area is 115 Å². The summed E-state index contributed by atoms with van der Waals surface area (Å²) in [6, 6.07) is 17.3. The lowest BCUT2D eigenvalue weighted by Gasteiger charge is -2.20. The average Bonchev–Trinajstić information content (AvgIpc) is 2.45. The van der Waals surface area contributed by atoms with E-state index in [9.17, 15) is 4.79 Å². The molecule has 1 nitrogen and oxygen atoms in total. The van der Waals surface area contributed by atoms with Gasteiger partial charge >= 0.3 is 0 Å². The predicted octanol–water partition coefficient (Wildman–Crippen LogP) is 4.70. The van der Waals surface area contributed by atoms with Crippen LogP contribution in [0.3, 0.4) is 0 Å². The molecule has 0 amide bonds. The largest absolute Gasteiger partial charge is 0.289 e. The van der Waals surface area contributed by atoms with Crippen LogP contribution in [0.15, 0.2) is 54.6 Å². The van der Waals surface area contributed by atoms with Gasteiger partial charge in [-0.1, -0.05) is 60.1 Å². The molecule has 90 valence electrons. The molecular formula is C17H9ClO. The third-order valence-corrected chi connectivity index (χ3v) is 4.00. The van der Waals surface area contributed by atoms with Crippen molar-refractivity contribution >= 4 is 28.2 Å². The van der Waals surface area contributed by atoms with Crippen molar-refractivity contribution in [2.45, 2.75) is 0 Å². The van der Waals surface area contributed by atoms with Gasteiger partial charge in [0.2, 0.25) is 0 Å². The summed E-state index contributed by atoms with van der Waals surface area (Å²) in [7, 11) is 0. The summed E-state index contributed by atoms with van der Waals surface area (Å²) in [6.07, 6.45) is 0. The average molecular weight is 265 g/mol. The molecule has 19 heavy (non-hydrogen) atoms.